The topological polar surface area (TPSA) is 42.0 Å². The molecule has 0 bridgehead atoms. The second-order valence-electron chi connectivity index (χ2n) is 8.52. The Kier molecular flexibility index (Phi) is 6.00. The molecule has 4 rings (SSSR count). The Bertz CT molecular complexity index is 714. The zero-order chi connectivity index (χ0) is 19.7. The number of amides is 1. The van der Waals surface area contributed by atoms with Crippen LogP contribution in [0.3, 0.4) is 0 Å². The highest BCUT2D eigenvalue weighted by Crippen LogP contribution is 2.43. The van der Waals surface area contributed by atoms with Gasteiger partial charge in [0.2, 0.25) is 0 Å². The third-order valence-electron chi connectivity index (χ3n) is 6.93. The third kappa shape index (κ3) is 3.83. The van der Waals surface area contributed by atoms with Gasteiger partial charge in [0, 0.05) is 31.3 Å². The van der Waals surface area contributed by atoms with Crippen molar-refractivity contribution in [3.63, 3.8) is 0 Å². The number of methoxy groups -OCH3 is 1. The van der Waals surface area contributed by atoms with E-state index in [1.54, 1.807) is 7.11 Å². The van der Waals surface area contributed by atoms with E-state index in [1.165, 1.54) is 25.7 Å². The Labute approximate surface area is 176 Å². The lowest BCUT2D eigenvalue weighted by atomic mass is 9.76. The summed E-state index contributed by atoms with van der Waals surface area (Å²) in [5, 5.41) is 0. The molecular formula is C22H31BrN2O3. The fraction of sp³-hybridized carbons (Fsp3) is 0.682. The first-order chi connectivity index (χ1) is 13.5. The minimum Gasteiger partial charge on any atom is -0.496 e. The molecule has 6 heteroatoms. The highest BCUT2D eigenvalue weighted by molar-refractivity contribution is 9.10. The van der Waals surface area contributed by atoms with Gasteiger partial charge in [0.25, 0.3) is 5.91 Å². The summed E-state index contributed by atoms with van der Waals surface area (Å²) in [6, 6.07) is 6.22. The summed E-state index contributed by atoms with van der Waals surface area (Å²) in [6.45, 7) is 3.18. The number of benzene rings is 1. The first-order valence-corrected chi connectivity index (χ1v) is 11.3. The van der Waals surface area contributed by atoms with Crippen LogP contribution in [0.5, 0.6) is 5.75 Å². The molecule has 3 aliphatic rings. The molecule has 3 atom stereocenters. The number of halogens is 1. The Balaban J connectivity index is 1.55. The van der Waals surface area contributed by atoms with Gasteiger partial charge in [0.15, 0.2) is 0 Å². The van der Waals surface area contributed by atoms with E-state index in [2.05, 4.69) is 20.8 Å². The van der Waals surface area contributed by atoms with Crippen LogP contribution in [0.2, 0.25) is 0 Å². The van der Waals surface area contributed by atoms with Gasteiger partial charge < -0.3 is 14.4 Å². The van der Waals surface area contributed by atoms with E-state index in [0.29, 0.717) is 17.4 Å². The van der Waals surface area contributed by atoms with Crippen LogP contribution in [0, 0.1) is 0 Å². The monoisotopic (exact) mass is 450 g/mol. The van der Waals surface area contributed by atoms with Crippen molar-refractivity contribution in [2.45, 2.75) is 62.6 Å². The Hall–Kier alpha value is -1.11. The molecular weight excluding hydrogens is 420 g/mol. The van der Waals surface area contributed by atoms with Crippen molar-refractivity contribution >= 4 is 21.8 Å². The number of carbonyl (C=O) groups excluding carboxylic acids is 1. The van der Waals surface area contributed by atoms with Gasteiger partial charge in [-0.3, -0.25) is 9.69 Å². The van der Waals surface area contributed by atoms with Crippen LogP contribution >= 0.6 is 15.9 Å². The summed E-state index contributed by atoms with van der Waals surface area (Å²) in [5.41, 5.74) is 0.731. The first-order valence-electron chi connectivity index (χ1n) is 10.5. The van der Waals surface area contributed by atoms with Crippen LogP contribution in [-0.4, -0.2) is 67.2 Å². The lowest BCUT2D eigenvalue weighted by Crippen LogP contribution is -2.58. The summed E-state index contributed by atoms with van der Waals surface area (Å²) >= 11 is 3.47. The molecule has 0 radical (unpaired) electrons. The summed E-state index contributed by atoms with van der Waals surface area (Å²) < 4.78 is 12.5. The zero-order valence-corrected chi connectivity index (χ0v) is 18.5. The van der Waals surface area contributed by atoms with Crippen LogP contribution in [0.4, 0.5) is 0 Å². The predicted molar refractivity (Wildman–Crippen MR) is 113 cm³/mol. The first kappa shape index (κ1) is 20.2. The number of likely N-dealkylation sites (tertiary alicyclic amines) is 1. The van der Waals surface area contributed by atoms with Gasteiger partial charge in [0.1, 0.15) is 5.75 Å². The molecule has 1 aromatic carbocycles. The number of likely N-dealkylation sites (N-methyl/N-ethyl adjacent to an activating group) is 1. The van der Waals surface area contributed by atoms with Crippen molar-refractivity contribution in [3.05, 3.63) is 28.2 Å². The van der Waals surface area contributed by atoms with Crippen LogP contribution in [0.25, 0.3) is 0 Å². The van der Waals surface area contributed by atoms with E-state index in [-0.39, 0.29) is 17.6 Å². The predicted octanol–water partition coefficient (Wildman–Crippen LogP) is 4.10. The van der Waals surface area contributed by atoms with Crippen LogP contribution < -0.4 is 4.74 Å². The van der Waals surface area contributed by atoms with E-state index in [9.17, 15) is 4.79 Å². The summed E-state index contributed by atoms with van der Waals surface area (Å²) in [4.78, 5) is 17.9. The summed E-state index contributed by atoms with van der Waals surface area (Å²) in [7, 11) is 3.60. The molecule has 2 heterocycles. The summed E-state index contributed by atoms with van der Waals surface area (Å²) in [5.74, 6) is 0.764. The Morgan fingerprint density at radius 1 is 1.29 bits per heavy atom. The average Bonchev–Trinajstić information content (AvgIpc) is 3.40. The van der Waals surface area contributed by atoms with Gasteiger partial charge in [-0.2, -0.15) is 0 Å². The molecule has 5 nitrogen and oxygen atoms in total. The van der Waals surface area contributed by atoms with E-state index < -0.39 is 0 Å². The van der Waals surface area contributed by atoms with Gasteiger partial charge in [-0.05, 0) is 92.2 Å². The molecule has 1 amide bonds. The molecule has 154 valence electrons. The Morgan fingerprint density at radius 2 is 2.07 bits per heavy atom. The fourth-order valence-corrected chi connectivity index (χ4v) is 5.79. The maximum atomic E-state index is 13.3. The minimum absolute atomic E-state index is 0.0501. The van der Waals surface area contributed by atoms with Crippen molar-refractivity contribution in [1.29, 1.82) is 0 Å². The second-order valence-corrected chi connectivity index (χ2v) is 9.38. The van der Waals surface area contributed by atoms with E-state index in [0.717, 1.165) is 43.4 Å². The lowest BCUT2D eigenvalue weighted by Gasteiger charge is -2.48. The average molecular weight is 451 g/mol. The number of hydrogen-bond donors (Lipinski definition) is 0. The molecule has 2 saturated heterocycles. The van der Waals surface area contributed by atoms with Gasteiger partial charge in [-0.15, -0.1) is 0 Å². The molecule has 1 spiro atoms. The molecule has 2 aliphatic heterocycles. The zero-order valence-electron chi connectivity index (χ0n) is 17.0. The van der Waals surface area contributed by atoms with Crippen LogP contribution in [0.1, 0.15) is 55.3 Å². The number of carbonyl (C=O) groups is 1. The van der Waals surface area contributed by atoms with E-state index >= 15 is 0 Å². The Morgan fingerprint density at radius 3 is 2.75 bits per heavy atom. The number of rotatable bonds is 4. The fourth-order valence-electron chi connectivity index (χ4n) is 5.38. The van der Waals surface area contributed by atoms with Gasteiger partial charge >= 0.3 is 0 Å². The quantitative estimate of drug-likeness (QED) is 0.692. The van der Waals surface area contributed by atoms with Crippen molar-refractivity contribution < 1.29 is 14.3 Å². The van der Waals surface area contributed by atoms with Gasteiger partial charge in [-0.25, -0.2) is 0 Å². The van der Waals surface area contributed by atoms with Gasteiger partial charge in [-0.1, -0.05) is 0 Å². The minimum atomic E-state index is 0.0501. The highest BCUT2D eigenvalue weighted by Gasteiger charge is 2.47. The summed E-state index contributed by atoms with van der Waals surface area (Å²) in [6.07, 6.45) is 7.99. The number of hydrogen-bond acceptors (Lipinski definition) is 4. The van der Waals surface area contributed by atoms with E-state index in [1.807, 2.05) is 30.1 Å². The molecule has 0 unspecified atom stereocenters. The van der Waals surface area contributed by atoms with Crippen LogP contribution in [-0.2, 0) is 4.74 Å². The van der Waals surface area contributed by atoms with Crippen molar-refractivity contribution in [2.24, 2.45) is 0 Å². The van der Waals surface area contributed by atoms with Crippen molar-refractivity contribution in [1.82, 2.24) is 9.80 Å². The highest BCUT2D eigenvalue weighted by atomic mass is 79.9. The lowest BCUT2D eigenvalue weighted by molar-refractivity contribution is -0.0687. The maximum Gasteiger partial charge on any atom is 0.254 e. The van der Waals surface area contributed by atoms with Crippen molar-refractivity contribution in [3.8, 4) is 5.75 Å². The molecule has 1 aromatic rings. The van der Waals surface area contributed by atoms with Crippen LogP contribution in [0.15, 0.2) is 22.7 Å². The normalized spacial score (nSPS) is 30.7. The maximum absolute atomic E-state index is 13.3. The van der Waals surface area contributed by atoms with Gasteiger partial charge in [0.05, 0.1) is 17.2 Å². The smallest absolute Gasteiger partial charge is 0.254 e. The largest absolute Gasteiger partial charge is 0.496 e. The molecule has 28 heavy (non-hydrogen) atoms. The van der Waals surface area contributed by atoms with Crippen molar-refractivity contribution in [2.75, 3.05) is 33.9 Å². The van der Waals surface area contributed by atoms with E-state index in [4.69, 9.17) is 9.47 Å². The number of nitrogens with zero attached hydrogens (tertiary/aromatic N) is 2. The molecule has 1 aliphatic carbocycles. The standard InChI is InChI=1S/C22H31BrN2O3/c1-24(21(26)16-6-7-17(23)20(14-16)27-2)18-8-10-22(9-5-13-28-22)15-19(18)25-11-3-4-12-25/h6-7,14,18-19H,3-5,8-13,15H2,1-2H3/t18-,19-,22+/m0/s1. The molecule has 0 aromatic heterocycles. The third-order valence-corrected chi connectivity index (χ3v) is 7.59. The number of ether oxygens (including phenoxy) is 2. The molecule has 1 saturated carbocycles. The molecule has 3 fully saturated rings. The molecule has 0 N–H and O–H groups in total. The second kappa shape index (κ2) is 8.33. The SMILES string of the molecule is COc1cc(C(=O)N(C)[C@H]2CC[C@]3(CCCO3)C[C@@H]2N2CCCC2)ccc1Br.